The van der Waals surface area contributed by atoms with Crippen molar-refractivity contribution >= 4 is 33.9 Å². The highest BCUT2D eigenvalue weighted by atomic mass is 16.3. The first-order valence-corrected chi connectivity index (χ1v) is 8.43. The van der Waals surface area contributed by atoms with Crippen molar-refractivity contribution < 1.29 is 9.21 Å². The topological polar surface area (TPSA) is 60.1 Å². The minimum Gasteiger partial charge on any atom is -0.451 e. The second-order valence-corrected chi connectivity index (χ2v) is 6.08. The molecule has 5 heteroatoms. The van der Waals surface area contributed by atoms with Crippen LogP contribution in [0.2, 0.25) is 0 Å². The zero-order valence-corrected chi connectivity index (χ0v) is 14.2. The predicted molar refractivity (Wildman–Crippen MR) is 98.9 cm³/mol. The van der Waals surface area contributed by atoms with Crippen LogP contribution in [0.5, 0.6) is 0 Å². The van der Waals surface area contributed by atoms with Crippen LogP contribution in [-0.2, 0) is 6.54 Å². The van der Waals surface area contributed by atoms with Gasteiger partial charge in [-0.15, -0.1) is 0 Å². The Morgan fingerprint density at radius 2 is 1.92 bits per heavy atom. The number of nitrogens with zero attached hydrogens (tertiary/aromatic N) is 2. The molecule has 126 valence electrons. The van der Waals surface area contributed by atoms with Crippen molar-refractivity contribution in [2.24, 2.45) is 0 Å². The number of hydrogen-bond donors (Lipinski definition) is 1. The molecule has 0 saturated carbocycles. The molecule has 0 spiro atoms. The summed E-state index contributed by atoms with van der Waals surface area (Å²) < 4.78 is 7.79. The Hall–Kier alpha value is -3.08. The molecular formula is C20H19N3O2. The summed E-state index contributed by atoms with van der Waals surface area (Å²) in [5.74, 6) is 0.602. The maximum absolute atomic E-state index is 12.8. The average Bonchev–Trinajstić information content (AvgIpc) is 3.14. The fourth-order valence-electron chi connectivity index (χ4n) is 3.17. The summed E-state index contributed by atoms with van der Waals surface area (Å²) in [6.07, 6.45) is 0.951. The predicted octanol–water partition coefficient (Wildman–Crippen LogP) is 4.75. The Morgan fingerprint density at radius 3 is 2.72 bits per heavy atom. The van der Waals surface area contributed by atoms with Gasteiger partial charge in [0.15, 0.2) is 5.76 Å². The molecule has 0 fully saturated rings. The Morgan fingerprint density at radius 1 is 1.16 bits per heavy atom. The molecule has 1 N–H and O–H groups in total. The molecule has 4 rings (SSSR count). The number of amides is 1. The summed E-state index contributed by atoms with van der Waals surface area (Å²) in [6, 6.07) is 15.5. The van der Waals surface area contributed by atoms with E-state index in [1.54, 1.807) is 0 Å². The number of imidazole rings is 1. The van der Waals surface area contributed by atoms with Crippen molar-refractivity contribution in [3.63, 3.8) is 0 Å². The molecule has 0 radical (unpaired) electrons. The number of fused-ring (bicyclic) bond motifs is 2. The number of aromatic nitrogens is 2. The molecule has 0 aliphatic rings. The zero-order chi connectivity index (χ0) is 17.4. The van der Waals surface area contributed by atoms with E-state index in [-0.39, 0.29) is 5.91 Å². The minimum atomic E-state index is -0.277. The maximum Gasteiger partial charge on any atom is 0.294 e. The van der Waals surface area contributed by atoms with Crippen LogP contribution < -0.4 is 5.32 Å². The average molecular weight is 333 g/mol. The van der Waals surface area contributed by atoms with E-state index in [0.29, 0.717) is 17.3 Å². The number of para-hydroxylation sites is 3. The van der Waals surface area contributed by atoms with Crippen molar-refractivity contribution in [3.8, 4) is 0 Å². The zero-order valence-electron chi connectivity index (χ0n) is 14.2. The van der Waals surface area contributed by atoms with Gasteiger partial charge in [-0.05, 0) is 31.5 Å². The largest absolute Gasteiger partial charge is 0.451 e. The van der Waals surface area contributed by atoms with E-state index in [9.17, 15) is 4.79 Å². The summed E-state index contributed by atoms with van der Waals surface area (Å²) in [5, 5.41) is 3.88. The molecule has 1 amide bonds. The fourth-order valence-corrected chi connectivity index (χ4v) is 3.17. The summed E-state index contributed by atoms with van der Waals surface area (Å²) in [7, 11) is 0. The number of carbonyl (C=O) groups excluding carboxylic acids is 1. The SMILES string of the molecule is CCCn1c(NC(=O)c2oc3ccccc3c2C)nc2ccccc21. The molecule has 0 aliphatic heterocycles. The van der Waals surface area contributed by atoms with Gasteiger partial charge in [-0.2, -0.15) is 0 Å². The number of benzene rings is 2. The van der Waals surface area contributed by atoms with E-state index in [4.69, 9.17) is 4.42 Å². The molecular weight excluding hydrogens is 314 g/mol. The molecule has 5 nitrogen and oxygen atoms in total. The molecule has 2 heterocycles. The number of carbonyl (C=O) groups is 1. The standard InChI is InChI=1S/C20H19N3O2/c1-3-12-23-16-10-6-5-9-15(16)21-20(23)22-19(24)18-13(2)14-8-4-7-11-17(14)25-18/h4-11H,3,12H2,1-2H3,(H,21,22,24). The number of anilines is 1. The fraction of sp³-hybridized carbons (Fsp3) is 0.200. The first-order valence-electron chi connectivity index (χ1n) is 8.43. The number of aryl methyl sites for hydroxylation is 2. The minimum absolute atomic E-state index is 0.277. The highest BCUT2D eigenvalue weighted by Crippen LogP contribution is 2.26. The lowest BCUT2D eigenvalue weighted by Crippen LogP contribution is -2.16. The molecule has 0 aliphatic carbocycles. The van der Waals surface area contributed by atoms with Gasteiger partial charge in [0.05, 0.1) is 11.0 Å². The molecule has 25 heavy (non-hydrogen) atoms. The second-order valence-electron chi connectivity index (χ2n) is 6.08. The van der Waals surface area contributed by atoms with Gasteiger partial charge in [0.2, 0.25) is 5.95 Å². The third-order valence-electron chi connectivity index (χ3n) is 4.38. The van der Waals surface area contributed by atoms with E-state index in [0.717, 1.165) is 34.9 Å². The highest BCUT2D eigenvalue weighted by molar-refractivity contribution is 6.06. The van der Waals surface area contributed by atoms with Gasteiger partial charge in [-0.3, -0.25) is 10.1 Å². The monoisotopic (exact) mass is 333 g/mol. The summed E-state index contributed by atoms with van der Waals surface area (Å²) in [5.41, 5.74) is 3.44. The van der Waals surface area contributed by atoms with Gasteiger partial charge in [-0.25, -0.2) is 4.98 Å². The van der Waals surface area contributed by atoms with E-state index in [1.807, 2.05) is 60.0 Å². The lowest BCUT2D eigenvalue weighted by atomic mass is 10.1. The Bertz CT molecular complexity index is 1080. The van der Waals surface area contributed by atoms with Crippen molar-refractivity contribution in [3.05, 3.63) is 59.9 Å². The van der Waals surface area contributed by atoms with Crippen LogP contribution in [-0.4, -0.2) is 15.5 Å². The first kappa shape index (κ1) is 15.4. The summed E-state index contributed by atoms with van der Waals surface area (Å²) in [6.45, 7) is 4.79. The van der Waals surface area contributed by atoms with Crippen molar-refractivity contribution in [1.82, 2.24) is 9.55 Å². The third kappa shape index (κ3) is 2.58. The van der Waals surface area contributed by atoms with Gasteiger partial charge in [-0.1, -0.05) is 37.3 Å². The van der Waals surface area contributed by atoms with Crippen molar-refractivity contribution in [2.45, 2.75) is 26.8 Å². The van der Waals surface area contributed by atoms with E-state index < -0.39 is 0 Å². The quantitative estimate of drug-likeness (QED) is 0.586. The van der Waals surface area contributed by atoms with Crippen LogP contribution in [0.4, 0.5) is 5.95 Å². The Labute approximate surface area is 145 Å². The van der Waals surface area contributed by atoms with Crippen LogP contribution in [0.3, 0.4) is 0 Å². The van der Waals surface area contributed by atoms with Gasteiger partial charge in [0.1, 0.15) is 5.58 Å². The summed E-state index contributed by atoms with van der Waals surface area (Å²) in [4.78, 5) is 17.3. The smallest absolute Gasteiger partial charge is 0.294 e. The van der Waals surface area contributed by atoms with E-state index in [2.05, 4.69) is 17.2 Å². The lowest BCUT2D eigenvalue weighted by molar-refractivity contribution is 0.0996. The van der Waals surface area contributed by atoms with Gasteiger partial charge >= 0.3 is 0 Å². The molecule has 0 saturated heterocycles. The third-order valence-corrected chi connectivity index (χ3v) is 4.38. The van der Waals surface area contributed by atoms with Gasteiger partial charge in [0.25, 0.3) is 5.91 Å². The molecule has 2 aromatic heterocycles. The Balaban J connectivity index is 1.74. The van der Waals surface area contributed by atoms with Crippen LogP contribution in [0.15, 0.2) is 52.9 Å². The molecule has 4 aromatic rings. The Kier molecular flexibility index (Phi) is 3.76. The second kappa shape index (κ2) is 6.09. The number of nitrogens with one attached hydrogen (secondary N) is 1. The number of furan rings is 1. The van der Waals surface area contributed by atoms with Gasteiger partial charge in [0, 0.05) is 17.5 Å². The summed E-state index contributed by atoms with van der Waals surface area (Å²) >= 11 is 0. The molecule has 0 unspecified atom stereocenters. The number of hydrogen-bond acceptors (Lipinski definition) is 3. The first-order chi connectivity index (χ1) is 12.2. The van der Waals surface area contributed by atoms with E-state index >= 15 is 0 Å². The molecule has 2 aromatic carbocycles. The van der Waals surface area contributed by atoms with Crippen LogP contribution in [0.25, 0.3) is 22.0 Å². The molecule has 0 bridgehead atoms. The van der Waals surface area contributed by atoms with Crippen LogP contribution in [0, 0.1) is 6.92 Å². The normalized spacial score (nSPS) is 11.3. The highest BCUT2D eigenvalue weighted by Gasteiger charge is 2.20. The van der Waals surface area contributed by atoms with Crippen LogP contribution >= 0.6 is 0 Å². The lowest BCUT2D eigenvalue weighted by Gasteiger charge is -2.08. The van der Waals surface area contributed by atoms with Crippen LogP contribution in [0.1, 0.15) is 29.5 Å². The van der Waals surface area contributed by atoms with Gasteiger partial charge < -0.3 is 8.98 Å². The maximum atomic E-state index is 12.8. The van der Waals surface area contributed by atoms with Crippen molar-refractivity contribution in [2.75, 3.05) is 5.32 Å². The van der Waals surface area contributed by atoms with Crippen molar-refractivity contribution in [1.29, 1.82) is 0 Å². The number of rotatable bonds is 4. The van der Waals surface area contributed by atoms with E-state index in [1.165, 1.54) is 0 Å². The molecule has 0 atom stereocenters.